The lowest BCUT2D eigenvalue weighted by atomic mass is 9.77. The molecule has 7 heteroatoms. The van der Waals surface area contributed by atoms with Crippen molar-refractivity contribution in [2.24, 2.45) is 5.41 Å². The Morgan fingerprint density at radius 2 is 2.22 bits per heavy atom. The molecule has 2 N–H and O–H groups in total. The minimum Gasteiger partial charge on any atom is -0.381 e. The Hall–Kier alpha value is -2.28. The number of H-pyrrole nitrogens is 1. The van der Waals surface area contributed by atoms with Gasteiger partial charge in [-0.05, 0) is 30.2 Å². The zero-order valence-electron chi connectivity index (χ0n) is 13.4. The number of carbonyl (C=O) groups excluding carboxylic acids is 1. The molecular weight excluding hydrogens is 294 g/mol. The van der Waals surface area contributed by atoms with E-state index >= 15 is 0 Å². The van der Waals surface area contributed by atoms with Gasteiger partial charge in [0.15, 0.2) is 0 Å². The highest BCUT2D eigenvalue weighted by Crippen LogP contribution is 2.32. The molecule has 1 amide bonds. The van der Waals surface area contributed by atoms with Crippen LogP contribution in [0.2, 0.25) is 0 Å². The largest absolute Gasteiger partial charge is 0.381 e. The van der Waals surface area contributed by atoms with E-state index in [-0.39, 0.29) is 17.4 Å². The van der Waals surface area contributed by atoms with Crippen LogP contribution in [0.3, 0.4) is 0 Å². The molecule has 23 heavy (non-hydrogen) atoms. The molecule has 1 saturated heterocycles. The second-order valence-corrected chi connectivity index (χ2v) is 6.19. The molecule has 1 aromatic carbocycles. The highest BCUT2D eigenvalue weighted by Gasteiger charge is 2.36. The van der Waals surface area contributed by atoms with E-state index in [1.165, 1.54) is 0 Å². The summed E-state index contributed by atoms with van der Waals surface area (Å²) in [6.07, 6.45) is 1.81. The lowest BCUT2D eigenvalue weighted by molar-refractivity contribution is -0.0234. The second kappa shape index (κ2) is 6.45. The number of hydrogen-bond acceptors (Lipinski definition) is 5. The standard InChI is InChI=1S/C16H21N5O2/c1-3-16(2)10-23-9-8-13(16)17-15(22)12-6-4-11(5-7-12)14-18-20-21-19-14/h4-7,13H,3,8-10H2,1-2H3,(H,17,22)(H,18,19,20,21). The first-order valence-corrected chi connectivity index (χ1v) is 7.85. The van der Waals surface area contributed by atoms with Crippen LogP contribution in [0, 0.1) is 5.41 Å². The Kier molecular flexibility index (Phi) is 4.38. The number of tetrazole rings is 1. The van der Waals surface area contributed by atoms with Crippen LogP contribution in [-0.4, -0.2) is 45.8 Å². The van der Waals surface area contributed by atoms with E-state index in [0.717, 1.165) is 18.4 Å². The number of carbonyl (C=O) groups is 1. The maximum absolute atomic E-state index is 12.5. The Morgan fingerprint density at radius 1 is 1.43 bits per heavy atom. The van der Waals surface area contributed by atoms with Gasteiger partial charge in [0, 0.05) is 29.2 Å². The number of hydrogen-bond donors (Lipinski definition) is 2. The van der Waals surface area contributed by atoms with Crippen molar-refractivity contribution in [3.63, 3.8) is 0 Å². The van der Waals surface area contributed by atoms with Crippen molar-refractivity contribution in [1.29, 1.82) is 0 Å². The quantitative estimate of drug-likeness (QED) is 0.897. The molecule has 2 unspecified atom stereocenters. The van der Waals surface area contributed by atoms with Gasteiger partial charge in [0.1, 0.15) is 0 Å². The normalized spacial score (nSPS) is 24.3. The van der Waals surface area contributed by atoms with Crippen LogP contribution in [0.1, 0.15) is 37.0 Å². The Balaban J connectivity index is 1.70. The smallest absolute Gasteiger partial charge is 0.251 e. The van der Waals surface area contributed by atoms with Crippen LogP contribution in [-0.2, 0) is 4.74 Å². The summed E-state index contributed by atoms with van der Waals surface area (Å²) in [6.45, 7) is 5.67. The monoisotopic (exact) mass is 315 g/mol. The summed E-state index contributed by atoms with van der Waals surface area (Å²) in [7, 11) is 0. The van der Waals surface area contributed by atoms with E-state index in [1.54, 1.807) is 12.1 Å². The third kappa shape index (κ3) is 3.24. The fraction of sp³-hybridized carbons (Fsp3) is 0.500. The van der Waals surface area contributed by atoms with Gasteiger partial charge >= 0.3 is 0 Å². The lowest BCUT2D eigenvalue weighted by Gasteiger charge is -2.41. The van der Waals surface area contributed by atoms with Crippen molar-refractivity contribution in [3.05, 3.63) is 29.8 Å². The van der Waals surface area contributed by atoms with Gasteiger partial charge in [0.25, 0.3) is 5.91 Å². The molecule has 0 aliphatic carbocycles. The Labute approximate surface area is 134 Å². The predicted molar refractivity (Wildman–Crippen MR) is 84.7 cm³/mol. The molecule has 1 aliphatic rings. The molecule has 2 aromatic rings. The highest BCUT2D eigenvalue weighted by atomic mass is 16.5. The van der Waals surface area contributed by atoms with Crippen LogP contribution >= 0.6 is 0 Å². The maximum Gasteiger partial charge on any atom is 0.251 e. The van der Waals surface area contributed by atoms with E-state index in [2.05, 4.69) is 39.8 Å². The average Bonchev–Trinajstić information content (AvgIpc) is 3.12. The van der Waals surface area contributed by atoms with Crippen LogP contribution in [0.5, 0.6) is 0 Å². The summed E-state index contributed by atoms with van der Waals surface area (Å²) in [5.74, 6) is 0.455. The number of nitrogens with one attached hydrogen (secondary N) is 2. The molecule has 122 valence electrons. The number of aromatic amines is 1. The fourth-order valence-corrected chi connectivity index (χ4v) is 2.85. The maximum atomic E-state index is 12.5. The number of ether oxygens (including phenoxy) is 1. The summed E-state index contributed by atoms with van der Waals surface area (Å²) in [5.41, 5.74) is 1.43. The number of rotatable bonds is 4. The number of nitrogens with zero attached hydrogens (tertiary/aromatic N) is 3. The van der Waals surface area contributed by atoms with Gasteiger partial charge in [0.05, 0.1) is 6.61 Å². The molecule has 1 fully saturated rings. The second-order valence-electron chi connectivity index (χ2n) is 6.19. The lowest BCUT2D eigenvalue weighted by Crippen LogP contribution is -2.51. The van der Waals surface area contributed by atoms with Crippen molar-refractivity contribution < 1.29 is 9.53 Å². The van der Waals surface area contributed by atoms with Gasteiger partial charge in [-0.2, -0.15) is 5.21 Å². The topological polar surface area (TPSA) is 92.8 Å². The molecule has 7 nitrogen and oxygen atoms in total. The zero-order valence-corrected chi connectivity index (χ0v) is 13.4. The molecule has 1 aliphatic heterocycles. The summed E-state index contributed by atoms with van der Waals surface area (Å²) >= 11 is 0. The van der Waals surface area contributed by atoms with E-state index in [9.17, 15) is 4.79 Å². The molecule has 1 aromatic heterocycles. The van der Waals surface area contributed by atoms with Crippen LogP contribution < -0.4 is 5.32 Å². The summed E-state index contributed by atoms with van der Waals surface area (Å²) in [5, 5.41) is 17.0. The molecule has 2 heterocycles. The average molecular weight is 315 g/mol. The minimum absolute atomic E-state index is 0.0154. The van der Waals surface area contributed by atoms with Gasteiger partial charge in [-0.25, -0.2) is 0 Å². The van der Waals surface area contributed by atoms with Gasteiger partial charge in [-0.1, -0.05) is 26.0 Å². The first-order chi connectivity index (χ1) is 11.1. The van der Waals surface area contributed by atoms with Crippen molar-refractivity contribution in [2.75, 3.05) is 13.2 Å². The van der Waals surface area contributed by atoms with Crippen molar-refractivity contribution >= 4 is 5.91 Å². The molecule has 3 rings (SSSR count). The third-order valence-electron chi connectivity index (χ3n) is 4.69. The van der Waals surface area contributed by atoms with Crippen molar-refractivity contribution in [2.45, 2.75) is 32.7 Å². The van der Waals surface area contributed by atoms with E-state index in [4.69, 9.17) is 4.74 Å². The van der Waals surface area contributed by atoms with E-state index in [1.807, 2.05) is 12.1 Å². The third-order valence-corrected chi connectivity index (χ3v) is 4.69. The summed E-state index contributed by atoms with van der Waals surface area (Å²) < 4.78 is 5.58. The van der Waals surface area contributed by atoms with Crippen LogP contribution in [0.25, 0.3) is 11.4 Å². The van der Waals surface area contributed by atoms with Gasteiger partial charge < -0.3 is 10.1 Å². The first-order valence-electron chi connectivity index (χ1n) is 7.85. The van der Waals surface area contributed by atoms with Crippen molar-refractivity contribution in [1.82, 2.24) is 25.9 Å². The predicted octanol–water partition coefficient (Wildman–Crippen LogP) is 1.80. The fourth-order valence-electron chi connectivity index (χ4n) is 2.85. The number of aromatic nitrogens is 4. The zero-order chi connectivity index (χ0) is 16.3. The van der Waals surface area contributed by atoms with Crippen molar-refractivity contribution in [3.8, 4) is 11.4 Å². The number of benzene rings is 1. The molecule has 0 saturated carbocycles. The summed E-state index contributed by atoms with van der Waals surface area (Å²) in [6, 6.07) is 7.34. The Bertz CT molecular complexity index is 656. The minimum atomic E-state index is -0.0590. The van der Waals surface area contributed by atoms with Gasteiger partial charge in [0.2, 0.25) is 5.82 Å². The van der Waals surface area contributed by atoms with Crippen LogP contribution in [0.15, 0.2) is 24.3 Å². The van der Waals surface area contributed by atoms with Gasteiger partial charge in [-0.15, -0.1) is 10.2 Å². The molecule has 0 radical (unpaired) electrons. The molecular formula is C16H21N5O2. The van der Waals surface area contributed by atoms with E-state index < -0.39 is 0 Å². The highest BCUT2D eigenvalue weighted by molar-refractivity contribution is 5.94. The molecule has 0 bridgehead atoms. The number of amides is 1. The van der Waals surface area contributed by atoms with E-state index in [0.29, 0.717) is 24.6 Å². The SMILES string of the molecule is CCC1(C)COCCC1NC(=O)c1ccc(-c2nn[nH]n2)cc1. The summed E-state index contributed by atoms with van der Waals surface area (Å²) in [4.78, 5) is 12.5. The van der Waals surface area contributed by atoms with Crippen LogP contribution in [0.4, 0.5) is 0 Å². The molecule has 2 atom stereocenters. The molecule has 0 spiro atoms. The Morgan fingerprint density at radius 3 is 2.87 bits per heavy atom. The first kappa shape index (κ1) is 15.6. The van der Waals surface area contributed by atoms with Gasteiger partial charge in [-0.3, -0.25) is 4.79 Å².